The Labute approximate surface area is 173 Å². The molecule has 29 heavy (non-hydrogen) atoms. The molecule has 0 aliphatic carbocycles. The lowest BCUT2D eigenvalue weighted by molar-refractivity contribution is 0.157. The number of benzene rings is 1. The van der Waals surface area contributed by atoms with Crippen LogP contribution in [0.1, 0.15) is 24.4 Å². The zero-order valence-corrected chi connectivity index (χ0v) is 17.2. The van der Waals surface area contributed by atoms with Crippen LogP contribution < -0.4 is 15.7 Å². The number of hydrogen-bond acceptors (Lipinski definition) is 6. The van der Waals surface area contributed by atoms with Gasteiger partial charge in [0.05, 0.1) is 11.2 Å². The van der Waals surface area contributed by atoms with Gasteiger partial charge in [0.2, 0.25) is 5.95 Å². The normalized spacial score (nSPS) is 21.5. The Hall–Kier alpha value is -2.58. The fourth-order valence-electron chi connectivity index (χ4n) is 4.23. The van der Waals surface area contributed by atoms with Gasteiger partial charge in [-0.2, -0.15) is 4.98 Å². The molecule has 9 heteroatoms. The minimum atomic E-state index is -0.0393. The quantitative estimate of drug-likeness (QED) is 0.609. The number of ether oxygens (including phenoxy) is 1. The highest BCUT2D eigenvalue weighted by atomic mass is 35.5. The van der Waals surface area contributed by atoms with Crippen LogP contribution in [-0.2, 0) is 7.05 Å². The summed E-state index contributed by atoms with van der Waals surface area (Å²) in [6.45, 7) is 5.19. The van der Waals surface area contributed by atoms with Gasteiger partial charge in [-0.1, -0.05) is 11.6 Å². The van der Waals surface area contributed by atoms with Crippen LogP contribution in [-0.4, -0.2) is 50.2 Å². The van der Waals surface area contributed by atoms with Gasteiger partial charge in [0.25, 0.3) is 0 Å². The molecular formula is C20H23ClN6O2. The molecule has 1 fully saturated rings. The molecule has 3 aliphatic rings. The van der Waals surface area contributed by atoms with Crippen molar-refractivity contribution in [3.63, 3.8) is 0 Å². The monoisotopic (exact) mass is 414 g/mol. The van der Waals surface area contributed by atoms with Crippen molar-refractivity contribution in [2.24, 2.45) is 7.05 Å². The second-order valence-corrected chi connectivity index (χ2v) is 8.17. The van der Waals surface area contributed by atoms with E-state index in [1.165, 1.54) is 0 Å². The lowest BCUT2D eigenvalue weighted by atomic mass is 10.0. The van der Waals surface area contributed by atoms with E-state index >= 15 is 0 Å². The van der Waals surface area contributed by atoms with Gasteiger partial charge in [0.15, 0.2) is 5.65 Å². The van der Waals surface area contributed by atoms with Crippen LogP contribution >= 0.6 is 11.6 Å². The summed E-state index contributed by atoms with van der Waals surface area (Å²) in [5.74, 6) is 1.09. The zero-order chi connectivity index (χ0) is 20.1. The molecule has 6 rings (SSSR count). The van der Waals surface area contributed by atoms with Crippen molar-refractivity contribution in [3.05, 3.63) is 39.4 Å². The summed E-state index contributed by atoms with van der Waals surface area (Å²) < 4.78 is 9.45. The highest BCUT2D eigenvalue weighted by Gasteiger charge is 2.26. The molecule has 0 spiro atoms. The maximum absolute atomic E-state index is 13.0. The van der Waals surface area contributed by atoms with E-state index in [0.717, 1.165) is 49.2 Å². The molecule has 1 aromatic carbocycles. The molecule has 3 aliphatic heterocycles. The van der Waals surface area contributed by atoms with Crippen molar-refractivity contribution >= 4 is 34.4 Å². The topological polar surface area (TPSA) is 77.2 Å². The van der Waals surface area contributed by atoms with Crippen molar-refractivity contribution in [1.29, 1.82) is 0 Å². The second-order valence-electron chi connectivity index (χ2n) is 7.76. The molecule has 2 aromatic heterocycles. The third-order valence-corrected chi connectivity index (χ3v) is 6.24. The van der Waals surface area contributed by atoms with E-state index in [9.17, 15) is 4.79 Å². The largest absolute Gasteiger partial charge is 0.491 e. The van der Waals surface area contributed by atoms with Gasteiger partial charge in [0.1, 0.15) is 17.9 Å². The summed E-state index contributed by atoms with van der Waals surface area (Å²) in [6.07, 6.45) is 3.51. The molecule has 1 N–H and O–H groups in total. The number of nitrogens with zero attached hydrogens (tertiary/aromatic N) is 5. The van der Waals surface area contributed by atoms with E-state index in [-0.39, 0.29) is 11.7 Å². The first-order chi connectivity index (χ1) is 14.0. The Morgan fingerprint density at radius 3 is 2.83 bits per heavy atom. The Balaban J connectivity index is 1.67. The van der Waals surface area contributed by atoms with E-state index in [1.54, 1.807) is 17.8 Å². The number of anilines is 2. The molecule has 0 atom stereocenters. The molecule has 1 saturated heterocycles. The van der Waals surface area contributed by atoms with Crippen molar-refractivity contribution in [2.45, 2.75) is 25.8 Å². The second kappa shape index (κ2) is 7.03. The minimum absolute atomic E-state index is 0.0393. The summed E-state index contributed by atoms with van der Waals surface area (Å²) in [5.41, 5.74) is 3.16. The summed E-state index contributed by atoms with van der Waals surface area (Å²) in [7, 11) is 1.78. The van der Waals surface area contributed by atoms with E-state index in [4.69, 9.17) is 21.3 Å². The van der Waals surface area contributed by atoms with Crippen LogP contribution in [0.25, 0.3) is 11.2 Å². The first kappa shape index (κ1) is 18.4. The highest BCUT2D eigenvalue weighted by Crippen LogP contribution is 2.33. The third-order valence-electron chi connectivity index (χ3n) is 5.95. The van der Waals surface area contributed by atoms with E-state index in [2.05, 4.69) is 15.2 Å². The molecule has 6 bridgehead atoms. The molecule has 0 amide bonds. The van der Waals surface area contributed by atoms with Crippen LogP contribution in [0.5, 0.6) is 5.75 Å². The average molecular weight is 415 g/mol. The van der Waals surface area contributed by atoms with Crippen LogP contribution in [0, 0.1) is 6.92 Å². The summed E-state index contributed by atoms with van der Waals surface area (Å²) >= 11 is 6.39. The number of nitrogens with one attached hydrogen (secondary N) is 1. The van der Waals surface area contributed by atoms with Crippen molar-refractivity contribution in [2.75, 3.05) is 31.6 Å². The maximum Gasteiger partial charge on any atom is 0.330 e. The predicted octanol–water partition coefficient (Wildman–Crippen LogP) is 2.86. The van der Waals surface area contributed by atoms with Crippen LogP contribution in [0.3, 0.4) is 0 Å². The van der Waals surface area contributed by atoms with Gasteiger partial charge in [-0.15, -0.1) is 0 Å². The number of imidazole rings is 1. The summed E-state index contributed by atoms with van der Waals surface area (Å²) in [5, 5.41) is 3.86. The SMILES string of the molecule is Cc1cc(Cl)c2cc1Nc1ncc3c(n1)n(c(=O)n3C)C1CCN(CCO2)CC1. The lowest BCUT2D eigenvalue weighted by Gasteiger charge is -2.32. The maximum atomic E-state index is 13.0. The Kier molecular flexibility index (Phi) is 4.48. The lowest BCUT2D eigenvalue weighted by Crippen LogP contribution is -2.39. The average Bonchev–Trinajstić information content (AvgIpc) is 2.95. The number of hydrogen-bond donors (Lipinski definition) is 1. The third kappa shape index (κ3) is 3.16. The Bertz CT molecular complexity index is 1150. The Morgan fingerprint density at radius 1 is 1.24 bits per heavy atom. The molecule has 0 saturated carbocycles. The standard InChI is InChI=1S/C20H23ClN6O2/c1-12-9-14(21)17-10-15(12)23-19-22-11-16-18(24-19)27(20(28)25(16)2)13-3-5-26(6-4-13)7-8-29-17/h9-11,13H,3-8H2,1-2H3,(H,22,23,24). The predicted molar refractivity (Wildman–Crippen MR) is 112 cm³/mol. The summed E-state index contributed by atoms with van der Waals surface area (Å²) in [6, 6.07) is 3.89. The van der Waals surface area contributed by atoms with Crippen molar-refractivity contribution < 1.29 is 4.74 Å². The zero-order valence-electron chi connectivity index (χ0n) is 16.5. The molecule has 0 unspecified atom stereocenters. The van der Waals surface area contributed by atoms with Crippen molar-refractivity contribution in [3.8, 4) is 5.75 Å². The number of halogens is 1. The number of aryl methyl sites for hydroxylation is 2. The Morgan fingerprint density at radius 2 is 2.03 bits per heavy atom. The van der Waals surface area contributed by atoms with E-state index < -0.39 is 0 Å². The molecule has 152 valence electrons. The minimum Gasteiger partial charge on any atom is -0.491 e. The molecule has 3 aromatic rings. The van der Waals surface area contributed by atoms with Crippen LogP contribution in [0.15, 0.2) is 23.1 Å². The molecule has 8 nitrogen and oxygen atoms in total. The molecule has 0 radical (unpaired) electrons. The fraction of sp³-hybridized carbons (Fsp3) is 0.450. The van der Waals surface area contributed by atoms with Gasteiger partial charge in [-0.25, -0.2) is 9.78 Å². The summed E-state index contributed by atoms with van der Waals surface area (Å²) in [4.78, 5) is 24.5. The molecular weight excluding hydrogens is 392 g/mol. The first-order valence-corrected chi connectivity index (χ1v) is 10.3. The molecule has 5 heterocycles. The van der Waals surface area contributed by atoms with E-state index in [1.807, 2.05) is 23.6 Å². The number of piperidine rings is 1. The van der Waals surface area contributed by atoms with Gasteiger partial charge in [0, 0.05) is 44.5 Å². The number of aromatic nitrogens is 4. The van der Waals surface area contributed by atoms with Gasteiger partial charge >= 0.3 is 5.69 Å². The van der Waals surface area contributed by atoms with Gasteiger partial charge in [-0.3, -0.25) is 14.0 Å². The van der Waals surface area contributed by atoms with Gasteiger partial charge < -0.3 is 10.1 Å². The first-order valence-electron chi connectivity index (χ1n) is 9.87. The van der Waals surface area contributed by atoms with Crippen LogP contribution in [0.4, 0.5) is 11.6 Å². The highest BCUT2D eigenvalue weighted by molar-refractivity contribution is 6.32. The number of rotatable bonds is 0. The van der Waals surface area contributed by atoms with Crippen LogP contribution in [0.2, 0.25) is 5.02 Å². The fourth-order valence-corrected chi connectivity index (χ4v) is 4.50. The van der Waals surface area contributed by atoms with Crippen molar-refractivity contribution in [1.82, 2.24) is 24.0 Å². The number of fused-ring (bicyclic) bond motifs is 4. The van der Waals surface area contributed by atoms with E-state index in [0.29, 0.717) is 29.0 Å². The smallest absolute Gasteiger partial charge is 0.330 e. The van der Waals surface area contributed by atoms with Gasteiger partial charge in [-0.05, 0) is 31.4 Å².